The molecule has 0 fully saturated rings. The molecule has 2 aromatic carbocycles. The number of benzene rings is 2. The van der Waals surface area contributed by atoms with E-state index < -0.39 is 15.8 Å². The second-order valence-corrected chi connectivity index (χ2v) is 8.78. The Bertz CT molecular complexity index is 1310. The second kappa shape index (κ2) is 7.54. The van der Waals surface area contributed by atoms with Crippen molar-refractivity contribution in [1.82, 2.24) is 15.2 Å². The number of ether oxygens (including phenoxy) is 1. The van der Waals surface area contributed by atoms with E-state index in [0.717, 1.165) is 11.3 Å². The van der Waals surface area contributed by atoms with E-state index in [0.29, 0.717) is 27.8 Å². The number of halogens is 2. The molecule has 0 amide bonds. The first-order valence-electron chi connectivity index (χ1n) is 8.10. The van der Waals surface area contributed by atoms with Gasteiger partial charge in [0.15, 0.2) is 0 Å². The summed E-state index contributed by atoms with van der Waals surface area (Å²) in [5.41, 5.74) is 2.27. The highest BCUT2D eigenvalue weighted by atomic mass is 35.5. The minimum atomic E-state index is -3.84. The van der Waals surface area contributed by atoms with Gasteiger partial charge in [0.1, 0.15) is 17.1 Å². The molecule has 0 spiro atoms. The van der Waals surface area contributed by atoms with Gasteiger partial charge in [0.25, 0.3) is 10.0 Å². The van der Waals surface area contributed by atoms with Crippen molar-refractivity contribution in [1.29, 1.82) is 0 Å². The maximum absolute atomic E-state index is 14.1. The molecule has 2 heterocycles. The highest BCUT2D eigenvalue weighted by Gasteiger charge is 2.19. The minimum absolute atomic E-state index is 0.0478. The molecule has 0 saturated carbocycles. The Hall–Kier alpha value is -2.82. The molecule has 4 rings (SSSR count). The topological polar surface area (TPSA) is 94.1 Å². The van der Waals surface area contributed by atoms with Crippen molar-refractivity contribution in [2.45, 2.75) is 4.90 Å². The van der Waals surface area contributed by atoms with Crippen LogP contribution in [0.15, 0.2) is 53.0 Å². The van der Waals surface area contributed by atoms with Crippen molar-refractivity contribution in [3.63, 3.8) is 0 Å². The van der Waals surface area contributed by atoms with Crippen molar-refractivity contribution in [2.24, 2.45) is 0 Å². The number of aromatic nitrogens is 3. The largest absolute Gasteiger partial charge is 0.496 e. The zero-order valence-electron chi connectivity index (χ0n) is 14.8. The van der Waals surface area contributed by atoms with Crippen LogP contribution in [0.2, 0.25) is 5.02 Å². The van der Waals surface area contributed by atoms with Crippen molar-refractivity contribution in [2.75, 3.05) is 11.8 Å². The monoisotopic (exact) mass is 450 g/mol. The first kappa shape index (κ1) is 19.5. The molecule has 0 saturated heterocycles. The molecule has 0 radical (unpaired) electrons. The number of pyridine rings is 1. The van der Waals surface area contributed by atoms with E-state index in [1.165, 1.54) is 43.1 Å². The van der Waals surface area contributed by atoms with Gasteiger partial charge in [-0.05, 0) is 29.7 Å². The Kier molecular flexibility index (Phi) is 5.07. The third-order valence-corrected chi connectivity index (χ3v) is 6.49. The number of nitrogens with zero attached hydrogens (tertiary/aromatic N) is 3. The molecule has 0 aliphatic rings. The van der Waals surface area contributed by atoms with E-state index in [-0.39, 0.29) is 15.0 Å². The number of anilines is 1. The fraction of sp³-hybridized carbons (Fsp3) is 0.0556. The summed E-state index contributed by atoms with van der Waals surface area (Å²) in [7, 11) is -2.40. The van der Waals surface area contributed by atoms with Crippen molar-refractivity contribution in [3.8, 4) is 17.0 Å². The lowest BCUT2D eigenvalue weighted by atomic mass is 10.0. The van der Waals surface area contributed by atoms with Crippen molar-refractivity contribution < 1.29 is 17.5 Å². The van der Waals surface area contributed by atoms with Gasteiger partial charge in [0.05, 0.1) is 22.7 Å². The van der Waals surface area contributed by atoms with Gasteiger partial charge in [-0.25, -0.2) is 12.8 Å². The Morgan fingerprint density at radius 3 is 2.76 bits per heavy atom. The highest BCUT2D eigenvalue weighted by Crippen LogP contribution is 2.37. The van der Waals surface area contributed by atoms with Crippen molar-refractivity contribution in [3.05, 3.63) is 58.9 Å². The lowest BCUT2D eigenvalue weighted by Gasteiger charge is -2.12. The smallest absolute Gasteiger partial charge is 0.263 e. The number of nitrogens with one attached hydrogen (secondary N) is 1. The van der Waals surface area contributed by atoms with E-state index in [1.54, 1.807) is 12.1 Å². The number of rotatable bonds is 5. The zero-order valence-corrected chi connectivity index (χ0v) is 17.1. The molecule has 0 atom stereocenters. The van der Waals surface area contributed by atoms with Crippen LogP contribution in [0.4, 0.5) is 9.52 Å². The maximum Gasteiger partial charge on any atom is 0.263 e. The summed E-state index contributed by atoms with van der Waals surface area (Å²) >= 11 is 6.91. The molecule has 0 unspecified atom stereocenters. The predicted molar refractivity (Wildman–Crippen MR) is 109 cm³/mol. The molecule has 7 nitrogen and oxygen atoms in total. The molecule has 4 aromatic rings. The van der Waals surface area contributed by atoms with Gasteiger partial charge in [0.2, 0.25) is 5.13 Å². The first-order chi connectivity index (χ1) is 13.9. The van der Waals surface area contributed by atoms with Gasteiger partial charge in [-0.1, -0.05) is 29.0 Å². The number of hydrogen-bond donors (Lipinski definition) is 1. The molecule has 2 aromatic heterocycles. The molecular weight excluding hydrogens is 439 g/mol. The fourth-order valence-corrected chi connectivity index (χ4v) is 4.69. The molecule has 148 valence electrons. The van der Waals surface area contributed by atoms with E-state index in [1.807, 2.05) is 0 Å². The van der Waals surface area contributed by atoms with Gasteiger partial charge in [-0.3, -0.25) is 9.71 Å². The van der Waals surface area contributed by atoms with Crippen LogP contribution in [0, 0.1) is 5.82 Å². The minimum Gasteiger partial charge on any atom is -0.496 e. The van der Waals surface area contributed by atoms with Crippen LogP contribution >= 0.6 is 22.9 Å². The number of fused-ring (bicyclic) bond motifs is 1. The molecule has 1 N–H and O–H groups in total. The standard InChI is InChI=1S/C18H12ClFN4O3S2/c1-27-16-8-14(19)15(20)7-13(16)17-12-3-2-11(6-10(12)4-5-21-17)29(25,26)24-18-23-22-9-28-18/h2-9H,1H3,(H,23,24). The Morgan fingerprint density at radius 1 is 1.21 bits per heavy atom. The Balaban J connectivity index is 1.83. The third-order valence-electron chi connectivity index (χ3n) is 4.13. The average Bonchev–Trinajstić information content (AvgIpc) is 3.21. The summed E-state index contributed by atoms with van der Waals surface area (Å²) in [5, 5.41) is 8.62. The summed E-state index contributed by atoms with van der Waals surface area (Å²) in [5.74, 6) is -0.257. The van der Waals surface area contributed by atoms with E-state index in [2.05, 4.69) is 19.9 Å². The Morgan fingerprint density at radius 2 is 2.03 bits per heavy atom. The molecule has 0 aliphatic heterocycles. The van der Waals surface area contributed by atoms with Gasteiger partial charge in [-0.2, -0.15) is 0 Å². The fourth-order valence-electron chi connectivity index (χ4n) is 2.81. The normalized spacial score (nSPS) is 11.6. The van der Waals surface area contributed by atoms with Crippen molar-refractivity contribution >= 4 is 48.9 Å². The molecule has 11 heteroatoms. The van der Waals surface area contributed by atoms with E-state index >= 15 is 0 Å². The summed E-state index contributed by atoms with van der Waals surface area (Å²) < 4.78 is 47.0. The van der Waals surface area contributed by atoms with E-state index in [9.17, 15) is 12.8 Å². The molecule has 0 bridgehead atoms. The van der Waals surface area contributed by atoms with Crippen LogP contribution in [0.5, 0.6) is 5.75 Å². The Labute approximate surface area is 174 Å². The van der Waals surface area contributed by atoms with Gasteiger partial charge in [-0.15, -0.1) is 10.2 Å². The quantitative estimate of drug-likeness (QED) is 0.485. The lowest BCUT2D eigenvalue weighted by Crippen LogP contribution is -2.12. The van der Waals surface area contributed by atoms with Crippen LogP contribution in [-0.2, 0) is 10.0 Å². The maximum atomic E-state index is 14.1. The number of sulfonamides is 1. The summed E-state index contributed by atoms with van der Waals surface area (Å²) in [6.07, 6.45) is 1.51. The third kappa shape index (κ3) is 3.74. The zero-order chi connectivity index (χ0) is 20.6. The number of methoxy groups -OCH3 is 1. The van der Waals surface area contributed by atoms with Gasteiger partial charge < -0.3 is 4.74 Å². The molecule has 29 heavy (non-hydrogen) atoms. The predicted octanol–water partition coefficient (Wildman–Crippen LogP) is 4.36. The molecule has 0 aliphatic carbocycles. The summed E-state index contributed by atoms with van der Waals surface area (Å²) in [4.78, 5) is 4.39. The van der Waals surface area contributed by atoms with Crippen LogP contribution in [0.25, 0.3) is 22.0 Å². The molecular formula is C18H12ClFN4O3S2. The van der Waals surface area contributed by atoms with Gasteiger partial charge >= 0.3 is 0 Å². The lowest BCUT2D eigenvalue weighted by molar-refractivity contribution is 0.415. The first-order valence-corrected chi connectivity index (χ1v) is 10.8. The highest BCUT2D eigenvalue weighted by molar-refractivity contribution is 7.93. The van der Waals surface area contributed by atoms with Crippen LogP contribution in [-0.4, -0.2) is 30.7 Å². The SMILES string of the molecule is COc1cc(Cl)c(F)cc1-c1nccc2cc(S(=O)(=O)Nc3nncs3)ccc12. The van der Waals surface area contributed by atoms with Gasteiger partial charge in [0, 0.05) is 23.2 Å². The van der Waals surface area contributed by atoms with Crippen LogP contribution in [0.3, 0.4) is 0 Å². The second-order valence-electron chi connectivity index (χ2n) is 5.86. The summed E-state index contributed by atoms with van der Waals surface area (Å²) in [6, 6.07) is 8.83. The number of hydrogen-bond acceptors (Lipinski definition) is 7. The van der Waals surface area contributed by atoms with Crippen LogP contribution < -0.4 is 9.46 Å². The average molecular weight is 451 g/mol. The van der Waals surface area contributed by atoms with E-state index in [4.69, 9.17) is 16.3 Å². The summed E-state index contributed by atoms with van der Waals surface area (Å²) in [6.45, 7) is 0. The van der Waals surface area contributed by atoms with Crippen LogP contribution in [0.1, 0.15) is 0 Å².